The van der Waals surface area contributed by atoms with E-state index >= 15 is 0 Å². The Morgan fingerprint density at radius 2 is 1.35 bits per heavy atom. The number of aliphatic carboxylic acids is 1. The highest BCUT2D eigenvalue weighted by molar-refractivity contribution is 5.97. The number of carboxylic acids is 1. The second-order valence-electron chi connectivity index (χ2n) is 13.9. The van der Waals surface area contributed by atoms with Crippen LogP contribution in [0.2, 0.25) is 0 Å². The molecular weight excluding hydrogens is 712 g/mol. The number of carboxylic acid groups (broad SMARTS) is 1. The van der Waals surface area contributed by atoms with Gasteiger partial charge in [0.1, 0.15) is 36.3 Å². The van der Waals surface area contributed by atoms with E-state index in [0.29, 0.717) is 12.8 Å². The van der Waals surface area contributed by atoms with Crippen LogP contribution in [0.25, 0.3) is 0 Å². The zero-order valence-electron chi connectivity index (χ0n) is 31.8. The summed E-state index contributed by atoms with van der Waals surface area (Å²) in [6.45, 7) is 8.33. The molecule has 15 N–H and O–H groups in total. The number of aliphatic imine (C=N–C) groups is 1. The van der Waals surface area contributed by atoms with E-state index in [1.165, 1.54) is 13.8 Å². The van der Waals surface area contributed by atoms with E-state index in [9.17, 15) is 54.0 Å². The largest absolute Gasteiger partial charge is 0.480 e. The average molecular weight is 773 g/mol. The van der Waals surface area contributed by atoms with Crippen molar-refractivity contribution in [3.63, 3.8) is 0 Å². The molecule has 308 valence electrons. The fraction of sp³-hybridized carbons (Fsp3) is 0.758. The van der Waals surface area contributed by atoms with Crippen LogP contribution in [-0.2, 0) is 33.6 Å². The van der Waals surface area contributed by atoms with Gasteiger partial charge in [0.05, 0.1) is 24.9 Å². The van der Waals surface area contributed by atoms with Crippen molar-refractivity contribution >= 4 is 47.4 Å². The summed E-state index contributed by atoms with van der Waals surface area (Å²) in [5.41, 5.74) is 16.8. The van der Waals surface area contributed by atoms with Gasteiger partial charge in [0.25, 0.3) is 0 Å². The molecule has 0 bridgehead atoms. The number of nitrogens with one attached hydrogen (secondary N) is 5. The summed E-state index contributed by atoms with van der Waals surface area (Å²) in [5, 5.41) is 52.0. The molecule has 0 unspecified atom stereocenters. The van der Waals surface area contributed by atoms with Crippen LogP contribution in [0.5, 0.6) is 0 Å². The van der Waals surface area contributed by atoms with Crippen molar-refractivity contribution in [1.82, 2.24) is 31.5 Å². The molecule has 54 heavy (non-hydrogen) atoms. The van der Waals surface area contributed by atoms with Gasteiger partial charge in [-0.05, 0) is 51.4 Å². The number of hydrogen-bond acceptors (Lipinski definition) is 12. The molecule has 1 fully saturated rings. The molecular formula is C33H60N10O11. The summed E-state index contributed by atoms with van der Waals surface area (Å²) in [7, 11) is 0. The highest BCUT2D eigenvalue weighted by Crippen LogP contribution is 2.20. The molecule has 1 rings (SSSR count). The first kappa shape index (κ1) is 47.4. The molecule has 21 nitrogen and oxygen atoms in total. The van der Waals surface area contributed by atoms with Crippen LogP contribution in [0.1, 0.15) is 73.6 Å². The smallest absolute Gasteiger partial charge is 0.326 e. The minimum Gasteiger partial charge on any atom is -0.480 e. The Bertz CT molecular complexity index is 1340. The lowest BCUT2D eigenvalue weighted by molar-refractivity contribution is -0.145. The lowest BCUT2D eigenvalue weighted by atomic mass is 9.98. The molecule has 0 aromatic heterocycles. The van der Waals surface area contributed by atoms with Crippen LogP contribution in [-0.4, -0.2) is 147 Å². The lowest BCUT2D eigenvalue weighted by Gasteiger charge is -2.32. The van der Waals surface area contributed by atoms with Gasteiger partial charge in [-0.15, -0.1) is 0 Å². The van der Waals surface area contributed by atoms with E-state index < -0.39 is 108 Å². The van der Waals surface area contributed by atoms with Crippen molar-refractivity contribution in [2.45, 2.75) is 128 Å². The summed E-state index contributed by atoms with van der Waals surface area (Å²) < 4.78 is 0. The van der Waals surface area contributed by atoms with Crippen molar-refractivity contribution < 1.29 is 54.0 Å². The number of nitrogens with zero attached hydrogens (tertiary/aromatic N) is 2. The maximum atomic E-state index is 13.8. The van der Waals surface area contributed by atoms with Gasteiger partial charge in [-0.1, -0.05) is 34.1 Å². The van der Waals surface area contributed by atoms with Gasteiger partial charge in [-0.3, -0.25) is 33.8 Å². The maximum Gasteiger partial charge on any atom is 0.326 e. The van der Waals surface area contributed by atoms with E-state index in [0.717, 1.165) is 4.90 Å². The normalized spacial score (nSPS) is 19.1. The SMILES string of the molecule is CC[C@H](C)[C@H](N)C(=O)N[C@@H](CCCN=C(N)N)C(=O)N[C@H](C(=O)N1CCC[C@H]1C(=O)N[C@@H](CO)C(=O)N[C@H](C(=O)N[C@H](C(=O)O)C(C)C)[C@@H](C)O)[C@@H](C)O. The van der Waals surface area contributed by atoms with E-state index in [2.05, 4.69) is 31.6 Å². The molecule has 0 aromatic carbocycles. The highest BCUT2D eigenvalue weighted by atomic mass is 16.4. The van der Waals surface area contributed by atoms with E-state index in [4.69, 9.17) is 17.2 Å². The van der Waals surface area contributed by atoms with Crippen LogP contribution >= 0.6 is 0 Å². The van der Waals surface area contributed by atoms with Crippen LogP contribution in [0.4, 0.5) is 0 Å². The minimum atomic E-state index is -1.66. The quantitative estimate of drug-likeness (QED) is 0.0280. The average Bonchev–Trinajstić information content (AvgIpc) is 3.60. The molecule has 10 atom stereocenters. The molecule has 1 aliphatic heterocycles. The van der Waals surface area contributed by atoms with Gasteiger partial charge in [-0.25, -0.2) is 4.79 Å². The first-order chi connectivity index (χ1) is 25.2. The van der Waals surface area contributed by atoms with Gasteiger partial charge < -0.3 is 69.1 Å². The fourth-order valence-electron chi connectivity index (χ4n) is 5.55. The molecule has 1 heterocycles. The van der Waals surface area contributed by atoms with Gasteiger partial charge in [0.15, 0.2) is 5.96 Å². The zero-order valence-corrected chi connectivity index (χ0v) is 31.8. The third-order valence-corrected chi connectivity index (χ3v) is 9.13. The Morgan fingerprint density at radius 3 is 1.85 bits per heavy atom. The Hall–Kier alpha value is -4.60. The molecule has 6 amide bonds. The van der Waals surface area contributed by atoms with E-state index in [1.54, 1.807) is 20.8 Å². The van der Waals surface area contributed by atoms with Crippen molar-refractivity contribution in [1.29, 1.82) is 0 Å². The molecule has 0 aliphatic carbocycles. The summed E-state index contributed by atoms with van der Waals surface area (Å²) in [6, 6.07) is -9.58. The maximum absolute atomic E-state index is 13.8. The lowest BCUT2D eigenvalue weighted by Crippen LogP contribution is -2.62. The summed E-state index contributed by atoms with van der Waals surface area (Å²) in [4.78, 5) is 96.1. The molecule has 1 saturated heterocycles. The first-order valence-corrected chi connectivity index (χ1v) is 18.0. The molecule has 1 aliphatic rings. The third kappa shape index (κ3) is 14.3. The first-order valence-electron chi connectivity index (χ1n) is 18.0. The second kappa shape index (κ2) is 22.6. The van der Waals surface area contributed by atoms with Gasteiger partial charge in [0.2, 0.25) is 35.4 Å². The number of carbonyl (C=O) groups is 7. The second-order valence-corrected chi connectivity index (χ2v) is 13.9. The van der Waals surface area contributed by atoms with Crippen molar-refractivity contribution in [3.8, 4) is 0 Å². The number of guanidine groups is 1. The number of nitrogens with two attached hydrogens (primary N) is 3. The Labute approximate surface area is 314 Å². The van der Waals surface area contributed by atoms with Crippen LogP contribution in [0, 0.1) is 11.8 Å². The number of aliphatic hydroxyl groups is 3. The molecule has 0 saturated carbocycles. The van der Waals surface area contributed by atoms with Crippen molar-refractivity contribution in [3.05, 3.63) is 0 Å². The topological polar surface area (TPSA) is 354 Å². The van der Waals surface area contributed by atoms with Crippen molar-refractivity contribution in [2.75, 3.05) is 19.7 Å². The predicted octanol–water partition coefficient (Wildman–Crippen LogP) is -4.68. The summed E-state index contributed by atoms with van der Waals surface area (Å²) in [6.07, 6.45) is -1.67. The number of aliphatic hydroxyl groups excluding tert-OH is 3. The Kier molecular flexibility index (Phi) is 19.8. The zero-order chi connectivity index (χ0) is 41.4. The van der Waals surface area contributed by atoms with Gasteiger partial charge in [-0.2, -0.15) is 0 Å². The number of likely N-dealkylation sites (tertiary alicyclic amines) is 1. The molecule has 21 heteroatoms. The number of amides is 6. The van der Waals surface area contributed by atoms with E-state index in [1.807, 2.05) is 6.92 Å². The number of rotatable bonds is 22. The summed E-state index contributed by atoms with van der Waals surface area (Å²) in [5.74, 6) is -7.51. The minimum absolute atomic E-state index is 0.0271. The number of carbonyl (C=O) groups excluding carboxylic acids is 6. The van der Waals surface area contributed by atoms with Crippen molar-refractivity contribution in [2.24, 2.45) is 34.0 Å². The Morgan fingerprint density at radius 1 is 0.796 bits per heavy atom. The molecule has 0 aromatic rings. The van der Waals surface area contributed by atoms with Crippen LogP contribution < -0.4 is 43.8 Å². The molecule has 0 spiro atoms. The Balaban J connectivity index is 3.15. The predicted molar refractivity (Wildman–Crippen MR) is 195 cm³/mol. The third-order valence-electron chi connectivity index (χ3n) is 9.13. The monoisotopic (exact) mass is 772 g/mol. The highest BCUT2D eigenvalue weighted by Gasteiger charge is 2.41. The van der Waals surface area contributed by atoms with Gasteiger partial charge in [0, 0.05) is 13.1 Å². The summed E-state index contributed by atoms with van der Waals surface area (Å²) >= 11 is 0. The molecule has 0 radical (unpaired) electrons. The number of hydrogen-bond donors (Lipinski definition) is 12. The van der Waals surface area contributed by atoms with Crippen LogP contribution in [0.3, 0.4) is 0 Å². The van der Waals surface area contributed by atoms with Crippen LogP contribution in [0.15, 0.2) is 4.99 Å². The fourth-order valence-corrected chi connectivity index (χ4v) is 5.55. The van der Waals surface area contributed by atoms with Gasteiger partial charge >= 0.3 is 5.97 Å². The standard InChI is InChI=1S/C33H60N10O11/c1-7-16(4)22(34)29(50)38-19(10-8-12-37-33(35)36)26(47)42-25(18(6)46)31(52)43-13-9-11-21(43)28(49)39-20(14-44)27(48)41-24(17(5)45)30(51)40-23(15(2)3)32(53)54/h15-25,44-46H,7-14,34H2,1-6H3,(H,38,50)(H,39,49)(H,40,51)(H,41,48)(H,42,47)(H,53,54)(H4,35,36,37)/t16-,17+,18+,19-,20-,21-,22-,23-,24-,25-/m0/s1. The van der Waals surface area contributed by atoms with E-state index in [-0.39, 0.29) is 44.2 Å².